The van der Waals surface area contributed by atoms with E-state index in [2.05, 4.69) is 24.3 Å². The predicted molar refractivity (Wildman–Crippen MR) is 77.7 cm³/mol. The normalized spacial score (nSPS) is 13.5. The average Bonchev–Trinajstić information content (AvgIpc) is 2.45. The second-order valence-electron chi connectivity index (χ2n) is 4.89. The lowest BCUT2D eigenvalue weighted by Gasteiger charge is -2.21. The second kappa shape index (κ2) is 6.17. The molecule has 0 aliphatic heterocycles. The Labute approximate surface area is 114 Å². The first kappa shape index (κ1) is 13.3. The van der Waals surface area contributed by atoms with E-state index in [4.69, 9.17) is 11.0 Å². The van der Waals surface area contributed by atoms with Gasteiger partial charge in [0.05, 0.1) is 11.6 Å². The maximum Gasteiger partial charge on any atom is 0.0991 e. The van der Waals surface area contributed by atoms with Crippen LogP contribution < -0.4 is 5.73 Å². The molecule has 0 heterocycles. The lowest BCUT2D eigenvalue weighted by Crippen LogP contribution is -2.26. The van der Waals surface area contributed by atoms with Crippen molar-refractivity contribution in [3.05, 3.63) is 71.3 Å². The molecule has 0 aliphatic rings. The quantitative estimate of drug-likeness (QED) is 0.905. The Morgan fingerprint density at radius 3 is 2.47 bits per heavy atom. The fourth-order valence-corrected chi connectivity index (χ4v) is 2.33. The summed E-state index contributed by atoms with van der Waals surface area (Å²) < 4.78 is 0. The van der Waals surface area contributed by atoms with Crippen LogP contribution in [0.3, 0.4) is 0 Å². The Kier molecular flexibility index (Phi) is 4.33. The third kappa shape index (κ3) is 3.43. The summed E-state index contributed by atoms with van der Waals surface area (Å²) in [6.45, 7) is 2.03. The molecule has 2 nitrogen and oxygen atoms in total. The summed E-state index contributed by atoms with van der Waals surface area (Å²) in [5, 5.41) is 8.95. The van der Waals surface area contributed by atoms with E-state index >= 15 is 0 Å². The molecule has 0 saturated carbocycles. The number of hydrogen-bond donors (Lipinski definition) is 1. The molecule has 0 aliphatic carbocycles. The summed E-state index contributed by atoms with van der Waals surface area (Å²) in [7, 11) is 0. The number of benzene rings is 2. The maximum atomic E-state index is 8.95. The minimum atomic E-state index is 0.0770. The van der Waals surface area contributed by atoms with E-state index in [1.165, 1.54) is 5.56 Å². The SMILES string of the molecule is CC(N)C(Cc1cccc(C#N)c1)c1ccccc1. The van der Waals surface area contributed by atoms with E-state index in [0.29, 0.717) is 5.56 Å². The first-order valence-electron chi connectivity index (χ1n) is 6.50. The number of hydrogen-bond acceptors (Lipinski definition) is 2. The minimum Gasteiger partial charge on any atom is -0.327 e. The van der Waals surface area contributed by atoms with Crippen molar-refractivity contribution < 1.29 is 0 Å². The molecular formula is C17H18N2. The standard InChI is InChI=1S/C17H18N2/c1-13(19)17(16-8-3-2-4-9-16)11-14-6-5-7-15(10-14)12-18/h2-10,13,17H,11,19H2,1H3. The molecule has 0 amide bonds. The molecule has 96 valence electrons. The van der Waals surface area contributed by atoms with Gasteiger partial charge in [-0.3, -0.25) is 0 Å². The van der Waals surface area contributed by atoms with E-state index < -0.39 is 0 Å². The van der Waals surface area contributed by atoms with Crippen LogP contribution >= 0.6 is 0 Å². The van der Waals surface area contributed by atoms with Crippen molar-refractivity contribution >= 4 is 0 Å². The third-order valence-corrected chi connectivity index (χ3v) is 3.37. The highest BCUT2D eigenvalue weighted by Gasteiger charge is 2.16. The van der Waals surface area contributed by atoms with Crippen LogP contribution in [0, 0.1) is 11.3 Å². The fourth-order valence-electron chi connectivity index (χ4n) is 2.33. The molecule has 0 bridgehead atoms. The molecule has 0 spiro atoms. The summed E-state index contributed by atoms with van der Waals surface area (Å²) in [5.41, 5.74) is 9.23. The van der Waals surface area contributed by atoms with Gasteiger partial charge in [-0.05, 0) is 36.6 Å². The Morgan fingerprint density at radius 2 is 1.84 bits per heavy atom. The lowest BCUT2D eigenvalue weighted by molar-refractivity contribution is 0.565. The Morgan fingerprint density at radius 1 is 1.11 bits per heavy atom. The Hall–Kier alpha value is -2.11. The van der Waals surface area contributed by atoms with Gasteiger partial charge in [0.25, 0.3) is 0 Å². The first-order chi connectivity index (χ1) is 9.20. The Balaban J connectivity index is 2.25. The van der Waals surface area contributed by atoms with Crippen LogP contribution in [-0.2, 0) is 6.42 Å². The maximum absolute atomic E-state index is 8.95. The van der Waals surface area contributed by atoms with E-state index in [1.807, 2.05) is 43.3 Å². The van der Waals surface area contributed by atoms with Crippen LogP contribution in [0.1, 0.15) is 29.5 Å². The number of rotatable bonds is 4. The van der Waals surface area contributed by atoms with Gasteiger partial charge in [0, 0.05) is 12.0 Å². The van der Waals surface area contributed by atoms with Crippen LogP contribution in [0.15, 0.2) is 54.6 Å². The van der Waals surface area contributed by atoms with Gasteiger partial charge in [-0.15, -0.1) is 0 Å². The number of nitrogens with zero attached hydrogens (tertiary/aromatic N) is 1. The van der Waals surface area contributed by atoms with Crippen molar-refractivity contribution in [1.82, 2.24) is 0 Å². The fraction of sp³-hybridized carbons (Fsp3) is 0.235. The van der Waals surface area contributed by atoms with Crippen molar-refractivity contribution in [2.45, 2.75) is 25.3 Å². The van der Waals surface area contributed by atoms with E-state index in [0.717, 1.165) is 12.0 Å². The molecule has 2 rings (SSSR count). The zero-order valence-corrected chi connectivity index (χ0v) is 11.1. The molecule has 0 saturated heterocycles. The zero-order chi connectivity index (χ0) is 13.7. The van der Waals surface area contributed by atoms with Crippen molar-refractivity contribution in [2.75, 3.05) is 0 Å². The van der Waals surface area contributed by atoms with Gasteiger partial charge >= 0.3 is 0 Å². The van der Waals surface area contributed by atoms with Crippen LogP contribution in [0.2, 0.25) is 0 Å². The molecule has 19 heavy (non-hydrogen) atoms. The average molecular weight is 250 g/mol. The molecule has 2 atom stereocenters. The smallest absolute Gasteiger partial charge is 0.0991 e. The van der Waals surface area contributed by atoms with E-state index in [1.54, 1.807) is 0 Å². The lowest BCUT2D eigenvalue weighted by atomic mass is 9.87. The molecule has 2 heteroatoms. The van der Waals surface area contributed by atoms with Crippen molar-refractivity contribution in [2.24, 2.45) is 5.73 Å². The summed E-state index contributed by atoms with van der Waals surface area (Å²) in [5.74, 6) is 0.273. The van der Waals surface area contributed by atoms with Crippen molar-refractivity contribution in [3.8, 4) is 6.07 Å². The van der Waals surface area contributed by atoms with Crippen LogP contribution in [-0.4, -0.2) is 6.04 Å². The summed E-state index contributed by atoms with van der Waals surface area (Å²) >= 11 is 0. The van der Waals surface area contributed by atoms with Crippen molar-refractivity contribution in [3.63, 3.8) is 0 Å². The Bertz CT molecular complexity index is 567. The number of nitrogens with two attached hydrogens (primary N) is 1. The minimum absolute atomic E-state index is 0.0770. The van der Waals surface area contributed by atoms with Gasteiger partial charge in [-0.2, -0.15) is 5.26 Å². The second-order valence-corrected chi connectivity index (χ2v) is 4.89. The third-order valence-electron chi connectivity index (χ3n) is 3.37. The van der Waals surface area contributed by atoms with E-state index in [9.17, 15) is 0 Å². The molecule has 0 aromatic heterocycles. The van der Waals surface area contributed by atoms with Gasteiger partial charge in [-0.25, -0.2) is 0 Å². The van der Waals surface area contributed by atoms with E-state index in [-0.39, 0.29) is 12.0 Å². The van der Waals surface area contributed by atoms with Crippen LogP contribution in [0.4, 0.5) is 0 Å². The number of nitriles is 1. The highest BCUT2D eigenvalue weighted by Crippen LogP contribution is 2.23. The predicted octanol–water partition coefficient (Wildman–Crippen LogP) is 3.23. The molecular weight excluding hydrogens is 232 g/mol. The molecule has 2 aromatic carbocycles. The van der Waals surface area contributed by atoms with Crippen molar-refractivity contribution in [1.29, 1.82) is 5.26 Å². The highest BCUT2D eigenvalue weighted by molar-refractivity contribution is 5.34. The monoisotopic (exact) mass is 250 g/mol. The first-order valence-corrected chi connectivity index (χ1v) is 6.50. The topological polar surface area (TPSA) is 49.8 Å². The largest absolute Gasteiger partial charge is 0.327 e. The van der Waals surface area contributed by atoms with Crippen LogP contribution in [0.5, 0.6) is 0 Å². The molecule has 2 aromatic rings. The molecule has 2 N–H and O–H groups in total. The summed E-state index contributed by atoms with van der Waals surface area (Å²) in [4.78, 5) is 0. The highest BCUT2D eigenvalue weighted by atomic mass is 14.6. The summed E-state index contributed by atoms with van der Waals surface area (Å²) in [6.07, 6.45) is 0.858. The summed E-state index contributed by atoms with van der Waals surface area (Å²) in [6, 6.07) is 20.3. The van der Waals surface area contributed by atoms with Gasteiger partial charge in [0.1, 0.15) is 0 Å². The molecule has 0 fully saturated rings. The molecule has 2 unspecified atom stereocenters. The van der Waals surface area contributed by atoms with Gasteiger partial charge in [-0.1, -0.05) is 42.5 Å². The van der Waals surface area contributed by atoms with Gasteiger partial charge < -0.3 is 5.73 Å². The van der Waals surface area contributed by atoms with Crippen LogP contribution in [0.25, 0.3) is 0 Å². The van der Waals surface area contributed by atoms with Gasteiger partial charge in [0.2, 0.25) is 0 Å². The van der Waals surface area contributed by atoms with Gasteiger partial charge in [0.15, 0.2) is 0 Å². The molecule has 0 radical (unpaired) electrons. The zero-order valence-electron chi connectivity index (χ0n) is 11.1.